The van der Waals surface area contributed by atoms with E-state index in [1.165, 1.54) is 16.3 Å². The Labute approximate surface area is 159 Å². The van der Waals surface area contributed by atoms with Crippen LogP contribution < -0.4 is 10.6 Å². The van der Waals surface area contributed by atoms with E-state index in [1.54, 1.807) is 11.8 Å². The van der Waals surface area contributed by atoms with Gasteiger partial charge in [-0.15, -0.1) is 0 Å². The quantitative estimate of drug-likeness (QED) is 0.849. The van der Waals surface area contributed by atoms with Crippen molar-refractivity contribution in [3.05, 3.63) is 48.0 Å². The average Bonchev–Trinajstić information content (AvgIpc) is 2.69. The van der Waals surface area contributed by atoms with E-state index >= 15 is 0 Å². The summed E-state index contributed by atoms with van der Waals surface area (Å²) < 4.78 is 5.01. The Morgan fingerprint density at radius 1 is 1.11 bits per heavy atom. The Morgan fingerprint density at radius 3 is 2.63 bits per heavy atom. The van der Waals surface area contributed by atoms with Crippen LogP contribution in [0.3, 0.4) is 0 Å². The number of urea groups is 1. The molecule has 2 aromatic rings. The predicted octanol–water partition coefficient (Wildman–Crippen LogP) is 3.30. The van der Waals surface area contributed by atoms with Crippen LogP contribution >= 0.6 is 0 Å². The summed E-state index contributed by atoms with van der Waals surface area (Å²) in [4.78, 5) is 25.6. The number of piperidine rings is 1. The third-order valence-corrected chi connectivity index (χ3v) is 4.92. The van der Waals surface area contributed by atoms with Crippen molar-refractivity contribution >= 4 is 22.9 Å². The standard InChI is InChI=1S/C21H27N3O3/c1-2-27-21(26)24-14-11-18(12-15-24)23-20(25)22-13-10-17-8-5-7-16-6-3-4-9-19(16)17/h3-9,18H,2,10-15H2,1H3,(H2,22,23,25). The van der Waals surface area contributed by atoms with Gasteiger partial charge in [0, 0.05) is 25.7 Å². The molecule has 1 heterocycles. The second kappa shape index (κ2) is 9.26. The van der Waals surface area contributed by atoms with Crippen LogP contribution in [0, 0.1) is 0 Å². The maximum atomic E-state index is 12.2. The number of ether oxygens (including phenoxy) is 1. The Bertz CT molecular complexity index is 780. The molecule has 1 aliphatic heterocycles. The van der Waals surface area contributed by atoms with Gasteiger partial charge >= 0.3 is 12.1 Å². The lowest BCUT2D eigenvalue weighted by atomic mass is 10.0. The number of hydrogen-bond acceptors (Lipinski definition) is 3. The molecule has 0 aromatic heterocycles. The van der Waals surface area contributed by atoms with Gasteiger partial charge in [0.2, 0.25) is 0 Å². The lowest BCUT2D eigenvalue weighted by Crippen LogP contribution is -2.49. The number of carbonyl (C=O) groups excluding carboxylic acids is 2. The first kappa shape index (κ1) is 19.0. The molecule has 27 heavy (non-hydrogen) atoms. The van der Waals surface area contributed by atoms with Gasteiger partial charge in [0.25, 0.3) is 0 Å². The number of fused-ring (bicyclic) bond motifs is 1. The van der Waals surface area contributed by atoms with E-state index in [1.807, 2.05) is 12.1 Å². The van der Waals surface area contributed by atoms with Gasteiger partial charge in [-0.25, -0.2) is 9.59 Å². The Morgan fingerprint density at radius 2 is 1.85 bits per heavy atom. The molecule has 0 saturated carbocycles. The molecule has 0 atom stereocenters. The van der Waals surface area contributed by atoms with E-state index in [0.29, 0.717) is 26.2 Å². The second-order valence-corrected chi connectivity index (χ2v) is 6.75. The Hall–Kier alpha value is -2.76. The molecule has 6 nitrogen and oxygen atoms in total. The summed E-state index contributed by atoms with van der Waals surface area (Å²) in [6.07, 6.45) is 2.01. The van der Waals surface area contributed by atoms with Gasteiger partial charge in [-0.2, -0.15) is 0 Å². The summed E-state index contributed by atoms with van der Waals surface area (Å²) in [6, 6.07) is 14.5. The van der Waals surface area contributed by atoms with Crippen molar-refractivity contribution in [3.8, 4) is 0 Å². The molecule has 144 valence electrons. The number of nitrogens with zero attached hydrogens (tertiary/aromatic N) is 1. The number of likely N-dealkylation sites (tertiary alicyclic amines) is 1. The molecule has 2 aromatic carbocycles. The highest BCUT2D eigenvalue weighted by atomic mass is 16.6. The molecular formula is C21H27N3O3. The highest BCUT2D eigenvalue weighted by Crippen LogP contribution is 2.18. The Balaban J connectivity index is 1.41. The zero-order valence-corrected chi connectivity index (χ0v) is 15.7. The monoisotopic (exact) mass is 369 g/mol. The third-order valence-electron chi connectivity index (χ3n) is 4.92. The van der Waals surface area contributed by atoms with E-state index in [0.717, 1.165) is 19.3 Å². The van der Waals surface area contributed by atoms with Crippen LogP contribution in [0.2, 0.25) is 0 Å². The molecule has 3 amide bonds. The van der Waals surface area contributed by atoms with E-state index in [9.17, 15) is 9.59 Å². The Kier molecular flexibility index (Phi) is 6.52. The van der Waals surface area contributed by atoms with Crippen LogP contribution in [0.4, 0.5) is 9.59 Å². The first-order valence-electron chi connectivity index (χ1n) is 9.60. The lowest BCUT2D eigenvalue weighted by molar-refractivity contribution is 0.0957. The van der Waals surface area contributed by atoms with Gasteiger partial charge < -0.3 is 20.3 Å². The van der Waals surface area contributed by atoms with E-state index in [2.05, 4.69) is 41.0 Å². The zero-order chi connectivity index (χ0) is 19.1. The van der Waals surface area contributed by atoms with Gasteiger partial charge in [-0.3, -0.25) is 0 Å². The van der Waals surface area contributed by atoms with Crippen LogP contribution in [0.1, 0.15) is 25.3 Å². The summed E-state index contributed by atoms with van der Waals surface area (Å²) in [5.41, 5.74) is 1.23. The van der Waals surface area contributed by atoms with E-state index in [-0.39, 0.29) is 18.2 Å². The summed E-state index contributed by atoms with van der Waals surface area (Å²) in [5.74, 6) is 0. The maximum Gasteiger partial charge on any atom is 0.409 e. The molecule has 0 aliphatic carbocycles. The topological polar surface area (TPSA) is 70.7 Å². The largest absolute Gasteiger partial charge is 0.450 e. The van der Waals surface area contributed by atoms with Crippen molar-refractivity contribution in [2.45, 2.75) is 32.2 Å². The summed E-state index contributed by atoms with van der Waals surface area (Å²) in [6.45, 7) is 3.99. The number of rotatable bonds is 5. The van der Waals surface area contributed by atoms with Gasteiger partial charge in [0.05, 0.1) is 6.61 Å². The predicted molar refractivity (Wildman–Crippen MR) is 106 cm³/mol. The number of hydrogen-bond donors (Lipinski definition) is 2. The molecule has 6 heteroatoms. The number of nitrogens with one attached hydrogen (secondary N) is 2. The molecule has 2 N–H and O–H groups in total. The van der Waals surface area contributed by atoms with Crippen molar-refractivity contribution < 1.29 is 14.3 Å². The molecule has 1 saturated heterocycles. The first-order valence-corrected chi connectivity index (χ1v) is 9.60. The molecule has 1 fully saturated rings. The SMILES string of the molecule is CCOC(=O)N1CCC(NC(=O)NCCc2cccc3ccccc23)CC1. The van der Waals surface area contributed by atoms with E-state index in [4.69, 9.17) is 4.74 Å². The molecule has 0 radical (unpaired) electrons. The number of amides is 3. The van der Waals surface area contributed by atoms with Gasteiger partial charge in [-0.1, -0.05) is 42.5 Å². The van der Waals surface area contributed by atoms with Crippen molar-refractivity contribution in [1.29, 1.82) is 0 Å². The normalized spacial score (nSPS) is 14.8. The molecule has 1 aliphatic rings. The molecule has 0 unspecified atom stereocenters. The van der Waals surface area contributed by atoms with Gasteiger partial charge in [0.1, 0.15) is 0 Å². The van der Waals surface area contributed by atoms with Crippen molar-refractivity contribution in [2.75, 3.05) is 26.2 Å². The fraction of sp³-hybridized carbons (Fsp3) is 0.429. The smallest absolute Gasteiger partial charge is 0.409 e. The molecular weight excluding hydrogens is 342 g/mol. The van der Waals surface area contributed by atoms with Crippen molar-refractivity contribution in [2.24, 2.45) is 0 Å². The average molecular weight is 369 g/mol. The summed E-state index contributed by atoms with van der Waals surface area (Å²) in [7, 11) is 0. The van der Waals surface area contributed by atoms with Crippen molar-refractivity contribution in [3.63, 3.8) is 0 Å². The minimum Gasteiger partial charge on any atom is -0.450 e. The molecule has 0 bridgehead atoms. The number of benzene rings is 2. The van der Waals surface area contributed by atoms with Crippen LogP contribution in [0.5, 0.6) is 0 Å². The van der Waals surface area contributed by atoms with Crippen molar-refractivity contribution in [1.82, 2.24) is 15.5 Å². The molecule has 3 rings (SSSR count). The number of carbonyl (C=O) groups is 2. The fourth-order valence-electron chi connectivity index (χ4n) is 3.48. The summed E-state index contributed by atoms with van der Waals surface area (Å²) >= 11 is 0. The van der Waals surface area contributed by atoms with Crippen LogP contribution in [0.15, 0.2) is 42.5 Å². The van der Waals surface area contributed by atoms with Crippen LogP contribution in [-0.4, -0.2) is 49.3 Å². The third kappa shape index (κ3) is 5.12. The maximum absolute atomic E-state index is 12.2. The summed E-state index contributed by atoms with van der Waals surface area (Å²) in [5, 5.41) is 8.39. The minimum atomic E-state index is -0.268. The highest BCUT2D eigenvalue weighted by molar-refractivity contribution is 5.85. The second-order valence-electron chi connectivity index (χ2n) is 6.75. The molecule has 0 spiro atoms. The van der Waals surface area contributed by atoms with Crippen LogP contribution in [0.25, 0.3) is 10.8 Å². The lowest BCUT2D eigenvalue weighted by Gasteiger charge is -2.31. The fourth-order valence-corrected chi connectivity index (χ4v) is 3.48. The zero-order valence-electron chi connectivity index (χ0n) is 15.7. The first-order chi connectivity index (χ1) is 13.2. The van der Waals surface area contributed by atoms with Gasteiger partial charge in [0.15, 0.2) is 0 Å². The van der Waals surface area contributed by atoms with Crippen LogP contribution in [-0.2, 0) is 11.2 Å². The highest BCUT2D eigenvalue weighted by Gasteiger charge is 2.24. The van der Waals surface area contributed by atoms with E-state index < -0.39 is 0 Å². The van der Waals surface area contributed by atoms with Gasteiger partial charge in [-0.05, 0) is 42.5 Å². The minimum absolute atomic E-state index is 0.0910.